The lowest BCUT2D eigenvalue weighted by atomic mass is 10.3. The molecule has 2 rings (SSSR count). The summed E-state index contributed by atoms with van der Waals surface area (Å²) in [7, 11) is 0.00828. The Morgan fingerprint density at radius 3 is 2.31 bits per heavy atom. The van der Waals surface area contributed by atoms with E-state index in [0.717, 1.165) is 4.31 Å². The molecule has 0 N–H and O–H groups in total. The summed E-state index contributed by atoms with van der Waals surface area (Å²) in [6.07, 6.45) is 0. The molecule has 0 aliphatic rings. The molecule has 0 bridgehead atoms. The molecular formula is C17H18BrNO6S. The quantitative estimate of drug-likeness (QED) is 0.611. The van der Waals surface area contributed by atoms with Gasteiger partial charge in [-0.2, -0.15) is 0 Å². The maximum Gasteiger partial charge on any atom is 0.326 e. The number of methoxy groups -OCH3 is 3. The SMILES string of the molecule is COC(=O)CN(c1cccc(Br)c1)S(=O)(=O)c1ccc(OC)c(OC)c1. The standard InChI is InChI=1S/C17H18BrNO6S/c1-23-15-8-7-14(10-16(15)24-2)26(21,22)19(11-17(20)25-3)13-6-4-5-12(18)9-13/h4-10H,11H2,1-3H3. The summed E-state index contributed by atoms with van der Waals surface area (Å²) in [6.45, 7) is -0.469. The molecule has 0 spiro atoms. The van der Waals surface area contributed by atoms with E-state index in [1.165, 1.54) is 39.5 Å². The average molecular weight is 444 g/mol. The fourth-order valence-electron chi connectivity index (χ4n) is 2.23. The van der Waals surface area contributed by atoms with Crippen LogP contribution in [0.15, 0.2) is 51.8 Å². The molecular weight excluding hydrogens is 426 g/mol. The molecule has 140 valence electrons. The minimum Gasteiger partial charge on any atom is -0.493 e. The van der Waals surface area contributed by atoms with Crippen molar-refractivity contribution in [1.82, 2.24) is 0 Å². The third kappa shape index (κ3) is 4.28. The van der Waals surface area contributed by atoms with Crippen LogP contribution in [-0.4, -0.2) is 42.3 Å². The lowest BCUT2D eigenvalue weighted by Gasteiger charge is -2.24. The van der Waals surface area contributed by atoms with Gasteiger partial charge in [0.1, 0.15) is 6.54 Å². The number of rotatable bonds is 7. The van der Waals surface area contributed by atoms with Crippen LogP contribution in [0.3, 0.4) is 0 Å². The van der Waals surface area contributed by atoms with Gasteiger partial charge in [0.05, 0.1) is 31.9 Å². The van der Waals surface area contributed by atoms with Gasteiger partial charge in [-0.3, -0.25) is 9.10 Å². The van der Waals surface area contributed by atoms with E-state index in [1.54, 1.807) is 24.3 Å². The molecule has 0 amide bonds. The molecule has 9 heteroatoms. The minimum absolute atomic E-state index is 0.0426. The molecule has 0 radical (unpaired) electrons. The van der Waals surface area contributed by atoms with Gasteiger partial charge in [-0.15, -0.1) is 0 Å². The number of benzene rings is 2. The Morgan fingerprint density at radius 2 is 1.73 bits per heavy atom. The maximum absolute atomic E-state index is 13.2. The maximum atomic E-state index is 13.2. The van der Waals surface area contributed by atoms with E-state index in [-0.39, 0.29) is 10.6 Å². The van der Waals surface area contributed by atoms with Crippen molar-refractivity contribution in [3.05, 3.63) is 46.9 Å². The highest BCUT2D eigenvalue weighted by molar-refractivity contribution is 9.10. The number of ether oxygens (including phenoxy) is 3. The molecule has 0 atom stereocenters. The van der Waals surface area contributed by atoms with Gasteiger partial charge in [0.2, 0.25) is 0 Å². The first-order valence-corrected chi connectivity index (χ1v) is 9.64. The second-order valence-electron chi connectivity index (χ2n) is 5.08. The van der Waals surface area contributed by atoms with Gasteiger partial charge < -0.3 is 14.2 Å². The zero-order chi connectivity index (χ0) is 19.3. The zero-order valence-corrected chi connectivity index (χ0v) is 16.8. The van der Waals surface area contributed by atoms with Crippen LogP contribution >= 0.6 is 15.9 Å². The fourth-order valence-corrected chi connectivity index (χ4v) is 4.04. The summed E-state index contributed by atoms with van der Waals surface area (Å²) in [5.41, 5.74) is 0.319. The smallest absolute Gasteiger partial charge is 0.326 e. The summed E-state index contributed by atoms with van der Waals surface area (Å²) in [5, 5.41) is 0. The predicted octanol–water partition coefficient (Wildman–Crippen LogP) is 2.83. The summed E-state index contributed by atoms with van der Waals surface area (Å²) in [6, 6.07) is 10.8. The van der Waals surface area contributed by atoms with E-state index in [0.29, 0.717) is 15.9 Å². The Balaban J connectivity index is 2.57. The lowest BCUT2D eigenvalue weighted by Crippen LogP contribution is -2.36. The Morgan fingerprint density at radius 1 is 1.04 bits per heavy atom. The summed E-state index contributed by atoms with van der Waals surface area (Å²) in [5.74, 6) is -0.0247. The van der Waals surface area contributed by atoms with Crippen LogP contribution in [0.1, 0.15) is 0 Å². The van der Waals surface area contributed by atoms with Crippen LogP contribution in [0.4, 0.5) is 5.69 Å². The summed E-state index contributed by atoms with van der Waals surface area (Å²) in [4.78, 5) is 11.8. The number of esters is 1. The molecule has 0 aliphatic carbocycles. The molecule has 0 unspecified atom stereocenters. The summed E-state index contributed by atoms with van der Waals surface area (Å²) >= 11 is 3.30. The van der Waals surface area contributed by atoms with Crippen LogP contribution in [0.25, 0.3) is 0 Å². The molecule has 0 saturated heterocycles. The van der Waals surface area contributed by atoms with Crippen molar-refractivity contribution >= 4 is 37.6 Å². The van der Waals surface area contributed by atoms with Crippen molar-refractivity contribution in [1.29, 1.82) is 0 Å². The van der Waals surface area contributed by atoms with Crippen LogP contribution in [0.5, 0.6) is 11.5 Å². The number of hydrogen-bond donors (Lipinski definition) is 0. The van der Waals surface area contributed by atoms with E-state index >= 15 is 0 Å². The molecule has 0 saturated carbocycles. The molecule has 2 aromatic carbocycles. The second-order valence-corrected chi connectivity index (χ2v) is 7.86. The van der Waals surface area contributed by atoms with Crippen molar-refractivity contribution < 1.29 is 27.4 Å². The molecule has 0 aromatic heterocycles. The highest BCUT2D eigenvalue weighted by Gasteiger charge is 2.28. The number of nitrogens with zero attached hydrogens (tertiary/aromatic N) is 1. The number of hydrogen-bond acceptors (Lipinski definition) is 6. The van der Waals surface area contributed by atoms with E-state index in [2.05, 4.69) is 20.7 Å². The monoisotopic (exact) mass is 443 g/mol. The molecule has 2 aromatic rings. The van der Waals surface area contributed by atoms with Gasteiger partial charge in [-0.25, -0.2) is 8.42 Å². The predicted molar refractivity (Wildman–Crippen MR) is 100 cm³/mol. The van der Waals surface area contributed by atoms with E-state index in [4.69, 9.17) is 9.47 Å². The number of carbonyl (C=O) groups is 1. The van der Waals surface area contributed by atoms with Gasteiger partial charge in [-0.1, -0.05) is 22.0 Å². The first kappa shape index (κ1) is 20.1. The molecule has 0 fully saturated rings. The first-order valence-electron chi connectivity index (χ1n) is 7.40. The zero-order valence-electron chi connectivity index (χ0n) is 14.4. The number of halogens is 1. The van der Waals surface area contributed by atoms with Gasteiger partial charge in [0, 0.05) is 10.5 Å². The van der Waals surface area contributed by atoms with Crippen LogP contribution < -0.4 is 13.8 Å². The Labute approximate surface area is 160 Å². The van der Waals surface area contributed by atoms with E-state index in [1.807, 2.05) is 0 Å². The van der Waals surface area contributed by atoms with Crippen molar-refractivity contribution in [2.75, 3.05) is 32.2 Å². The highest BCUT2D eigenvalue weighted by atomic mass is 79.9. The Hall–Kier alpha value is -2.26. The number of anilines is 1. The normalized spacial score (nSPS) is 10.9. The third-order valence-electron chi connectivity index (χ3n) is 3.54. The number of sulfonamides is 1. The highest BCUT2D eigenvalue weighted by Crippen LogP contribution is 2.32. The largest absolute Gasteiger partial charge is 0.493 e. The van der Waals surface area contributed by atoms with Crippen LogP contribution in [-0.2, 0) is 19.6 Å². The van der Waals surface area contributed by atoms with Crippen molar-refractivity contribution in [2.24, 2.45) is 0 Å². The molecule has 0 aliphatic heterocycles. The Bertz CT molecular complexity index is 900. The topological polar surface area (TPSA) is 82.1 Å². The summed E-state index contributed by atoms with van der Waals surface area (Å²) < 4.78 is 42.9. The van der Waals surface area contributed by atoms with E-state index in [9.17, 15) is 13.2 Å². The van der Waals surface area contributed by atoms with E-state index < -0.39 is 22.5 Å². The minimum atomic E-state index is -4.06. The van der Waals surface area contributed by atoms with Crippen molar-refractivity contribution in [2.45, 2.75) is 4.90 Å². The van der Waals surface area contributed by atoms with Gasteiger partial charge >= 0.3 is 5.97 Å². The second kappa shape index (κ2) is 8.41. The van der Waals surface area contributed by atoms with Gasteiger partial charge in [0.15, 0.2) is 11.5 Å². The lowest BCUT2D eigenvalue weighted by molar-refractivity contribution is -0.138. The molecule has 7 nitrogen and oxygen atoms in total. The first-order chi connectivity index (χ1) is 12.3. The van der Waals surface area contributed by atoms with Crippen LogP contribution in [0.2, 0.25) is 0 Å². The average Bonchev–Trinajstić information content (AvgIpc) is 2.64. The Kier molecular flexibility index (Phi) is 6.49. The van der Waals surface area contributed by atoms with Gasteiger partial charge in [0.25, 0.3) is 10.0 Å². The third-order valence-corrected chi connectivity index (χ3v) is 5.80. The van der Waals surface area contributed by atoms with Crippen molar-refractivity contribution in [3.8, 4) is 11.5 Å². The van der Waals surface area contributed by atoms with Gasteiger partial charge in [-0.05, 0) is 30.3 Å². The van der Waals surface area contributed by atoms with Crippen molar-refractivity contribution in [3.63, 3.8) is 0 Å². The number of carbonyl (C=O) groups excluding carboxylic acids is 1. The molecule has 0 heterocycles. The van der Waals surface area contributed by atoms with Crippen LogP contribution in [0, 0.1) is 0 Å². The molecule has 26 heavy (non-hydrogen) atoms. The fraction of sp³-hybridized carbons (Fsp3) is 0.235.